The van der Waals surface area contributed by atoms with Crippen molar-refractivity contribution in [1.29, 1.82) is 0 Å². The van der Waals surface area contributed by atoms with Gasteiger partial charge in [0.2, 0.25) is 0 Å². The Hall–Kier alpha value is 5.28. The Balaban J connectivity index is 0.0000122. The summed E-state index contributed by atoms with van der Waals surface area (Å²) in [4.78, 5) is 93.2. The third kappa shape index (κ3) is 43.8. The molecule has 16 N–H and O–H groups in total. The van der Waals surface area contributed by atoms with Crippen LogP contribution in [-0.4, -0.2) is 468 Å². The maximum absolute atomic E-state index is 12.3. The van der Waals surface area contributed by atoms with Gasteiger partial charge in [0.25, 0.3) is 0 Å². The number of aliphatic carboxylic acids is 8. The van der Waals surface area contributed by atoms with E-state index in [4.69, 9.17) is 75.8 Å². The predicted octanol–water partition coefficient (Wildman–Crippen LogP) is -40.9. The Bertz CT molecular complexity index is 3550. The second kappa shape index (κ2) is 73.1. The number of hydrogen-bond donors (Lipinski definition) is 16. The van der Waals surface area contributed by atoms with E-state index in [1.807, 2.05) is 0 Å². The van der Waals surface area contributed by atoms with Crippen LogP contribution >= 0.6 is 94.1 Å². The van der Waals surface area contributed by atoms with Crippen LogP contribution in [0.5, 0.6) is 0 Å². The van der Waals surface area contributed by atoms with Crippen LogP contribution in [0.15, 0.2) is 0 Å². The molecule has 0 aromatic heterocycles. The summed E-state index contributed by atoms with van der Waals surface area (Å²) >= 11 is 7.01. The molecule has 27 saturated heterocycles. The van der Waals surface area contributed by atoms with E-state index in [1.54, 1.807) is 0 Å². The molecule has 0 radical (unpaired) electrons. The number of carboxylic acids is 8. The number of hydrogen-bond acceptors (Lipinski definition) is 56. The molecule has 0 amide bonds. The van der Waals surface area contributed by atoms with Crippen molar-refractivity contribution in [3.8, 4) is 0 Å². The van der Waals surface area contributed by atoms with Gasteiger partial charge in [0.15, 0.2) is 50.3 Å². The minimum absolute atomic E-state index is 0. The molecule has 64 heteroatoms. The van der Waals surface area contributed by atoms with Crippen molar-refractivity contribution in [1.82, 2.24) is 0 Å². The van der Waals surface area contributed by atoms with Crippen LogP contribution in [-0.2, 0) is 114 Å². The van der Waals surface area contributed by atoms with Gasteiger partial charge in [-0.1, -0.05) is 6.42 Å². The average Bonchev–Trinajstić information content (AvgIpc) is 0.761. The molecule has 140 heavy (non-hydrogen) atoms. The Morgan fingerprint density at radius 1 is 0.200 bits per heavy atom. The smallest absolute Gasteiger partial charge is 0.550 e. The Morgan fingerprint density at radius 2 is 0.350 bits per heavy atom. The normalized spacial score (nSPS) is 38.6. The maximum Gasteiger partial charge on any atom is 1.00 e. The summed E-state index contributed by atoms with van der Waals surface area (Å²) in [6.07, 6.45) is -81.9. The molecular formula is C76H112Na8O48S8. The third-order valence-corrected chi connectivity index (χ3v) is 30.9. The van der Waals surface area contributed by atoms with E-state index in [0.717, 1.165) is 94.1 Å². The van der Waals surface area contributed by atoms with Crippen LogP contribution in [0.3, 0.4) is 0 Å². The molecule has 27 aliphatic heterocycles. The second-order valence-electron chi connectivity index (χ2n) is 32.0. The Kier molecular flexibility index (Phi) is 74.8. The number of rotatable bonds is 40. The fraction of sp³-hybridized carbons (Fsp3) is 0.895. The molecule has 16 bridgehead atoms. The van der Waals surface area contributed by atoms with Crippen molar-refractivity contribution < 1.29 is 473 Å². The average molecular weight is 2230 g/mol. The van der Waals surface area contributed by atoms with Crippen molar-refractivity contribution in [3.05, 3.63) is 0 Å². The van der Waals surface area contributed by atoms with Gasteiger partial charge >= 0.3 is 236 Å². The summed E-state index contributed by atoms with van der Waals surface area (Å²) in [5.41, 5.74) is 0. The fourth-order valence-corrected chi connectivity index (χ4v) is 23.4. The first-order chi connectivity index (χ1) is 62.7. The van der Waals surface area contributed by atoms with Crippen LogP contribution in [0.1, 0.15) is 70.6 Å². The van der Waals surface area contributed by atoms with E-state index < -0.39 is 368 Å². The zero-order valence-corrected chi connectivity index (χ0v) is 101. The van der Waals surface area contributed by atoms with Crippen LogP contribution < -0.4 is 277 Å². The maximum atomic E-state index is 12.3. The number of carbonyl (C=O) groups excluding carboxylic acids is 8. The molecule has 27 fully saturated rings. The molecule has 0 aromatic carbocycles. The van der Waals surface area contributed by atoms with E-state index >= 15 is 0 Å². The van der Waals surface area contributed by atoms with Gasteiger partial charge in [-0.3, -0.25) is 0 Å². The summed E-state index contributed by atoms with van der Waals surface area (Å²) < 4.78 is 99.6. The zero-order valence-electron chi connectivity index (χ0n) is 78.4. The first-order valence-electron chi connectivity index (χ1n) is 42.3. The molecule has 27 heterocycles. The summed E-state index contributed by atoms with van der Waals surface area (Å²) in [6, 6.07) is 0. The van der Waals surface area contributed by atoms with Gasteiger partial charge in [-0.15, -0.1) is 0 Å². The van der Waals surface area contributed by atoms with Gasteiger partial charge in [-0.25, -0.2) is 0 Å². The van der Waals surface area contributed by atoms with Crippen LogP contribution in [0.4, 0.5) is 0 Å². The molecule has 760 valence electrons. The molecule has 48 nitrogen and oxygen atoms in total. The summed E-state index contributed by atoms with van der Waals surface area (Å²) in [6.45, 7) is -0.308. The first-order valence-corrected chi connectivity index (χ1v) is 51.5. The van der Waals surface area contributed by atoms with E-state index in [-0.39, 0.29) is 331 Å². The van der Waals surface area contributed by atoms with E-state index in [1.165, 1.54) is 0 Å². The quantitative estimate of drug-likeness (QED) is 0.0200. The van der Waals surface area contributed by atoms with Crippen molar-refractivity contribution >= 4 is 142 Å². The number of aliphatic hydroxyl groups is 16. The summed E-state index contributed by atoms with van der Waals surface area (Å²) in [5, 5.41) is 287. The van der Waals surface area contributed by atoms with Crippen molar-refractivity contribution in [3.63, 3.8) is 0 Å². The summed E-state index contributed by atoms with van der Waals surface area (Å²) in [5.74, 6) is -17.2. The largest absolute Gasteiger partial charge is 1.00 e. The van der Waals surface area contributed by atoms with Crippen LogP contribution in [0.25, 0.3) is 0 Å². The van der Waals surface area contributed by atoms with Gasteiger partial charge in [0.1, 0.15) is 134 Å². The topological polar surface area (TPSA) is 792 Å². The van der Waals surface area contributed by atoms with Crippen molar-refractivity contribution in [2.24, 2.45) is 5.92 Å². The van der Waals surface area contributed by atoms with Gasteiger partial charge in [-0.2, -0.15) is 94.1 Å². The van der Waals surface area contributed by atoms with Crippen LogP contribution in [0, 0.1) is 5.92 Å². The number of carboxylic acid groups (broad SMARTS) is 8. The number of ether oxygens (including phenoxy) is 16. The Morgan fingerprint density at radius 3 is 0.529 bits per heavy atom. The predicted molar refractivity (Wildman–Crippen MR) is 438 cm³/mol. The van der Waals surface area contributed by atoms with Gasteiger partial charge in [0, 0.05) is 106 Å². The van der Waals surface area contributed by atoms with Gasteiger partial charge in [-0.05, 0) is 110 Å². The number of carbonyl (C=O) groups is 8. The van der Waals surface area contributed by atoms with Gasteiger partial charge < -0.3 is 237 Å². The van der Waals surface area contributed by atoms with Crippen LogP contribution in [0.2, 0.25) is 0 Å². The number of thioether (sulfide) groups is 8. The Labute approximate surface area is 1020 Å². The fourth-order valence-electron chi connectivity index (χ4n) is 15.5. The standard InChI is InChI=1S/C76H120O48S8.8Na/c77-38(78)4-13-125-21-30-29-3-1-2-12-109-69-55(102)47(94)62(31(111-69)22-126-14-5-39(79)80)119-71-57(104)49(96)64(33(113-71)24-128-16-7-41(83)84)121-73-59(106)51(98)66(35(115-73)26-130-18-9-43(87)88)123-75-61(108)53(100)68(37(117-75)28-132-20-11-45(91)92)124-76-60(107)52(99)67(36(116-76)27-131-19-10-44(89)90)122-74-58(105)50(97)65(34(114-74)25-129-17-8-42(85)86)120-72-56(103)48(95)63(118-70(110-30)54(101)46(29)93)32(112-72)23-127-15-6-40(81)82;;;;;;;;/h29-37,46-76,93-108H,1-28H2,(H,77,78)(H,79,80)(H,81,82)(H,83,84)(H,85,86)(H,87,88)(H,89,90)(H,91,92);;;;;;;;/q;8*+1/p-8. The minimum Gasteiger partial charge on any atom is -0.550 e. The molecule has 0 aliphatic carbocycles. The zero-order chi connectivity index (χ0) is 96.5. The SMILES string of the molecule is O=C([O-])CCSCC1OC2OC3C(CSCCC(=O)[O-])OC(OC4C(CSCCC(=O)[O-])OC(OC5C(CSCCC(=O)[O-])OC(OC6C(CSCCC(=O)[O-])OC(OC7C(CSCCC(=O)[O-])OC(OC8C(CSCCC(=O)[O-])OC(OC9C(CSCCC(=O)[O-])OC(OCCCCC1C(O)C2O)C(O)C9O)C(O)C8O)C(O)C7O)C(O)C6O)C(O)C5O)C(O)C4O)C(O)C3O.[Na+].[Na+].[Na+].[Na+].[Na+].[Na+].[Na+].[Na+]. The third-order valence-electron chi connectivity index (χ3n) is 22.5. The summed E-state index contributed by atoms with van der Waals surface area (Å²) in [7, 11) is 0. The van der Waals surface area contributed by atoms with Crippen molar-refractivity contribution in [2.45, 2.75) is 310 Å². The molecule has 0 spiro atoms. The van der Waals surface area contributed by atoms with E-state index in [9.17, 15) is 161 Å². The van der Waals surface area contributed by atoms with E-state index in [0.29, 0.717) is 0 Å². The number of aliphatic hydroxyl groups excluding tert-OH is 16. The van der Waals surface area contributed by atoms with Crippen molar-refractivity contribution in [2.75, 3.05) is 98.7 Å². The first kappa shape index (κ1) is 143. The molecule has 0 saturated carbocycles. The molecule has 27 aliphatic rings. The molecular weight excluding hydrogens is 2120 g/mol. The van der Waals surface area contributed by atoms with E-state index in [2.05, 4.69) is 0 Å². The molecule has 0 aromatic rings. The molecule has 27 rings (SSSR count). The molecule has 40 unspecified atom stereocenters. The minimum atomic E-state index is -2.36. The van der Waals surface area contributed by atoms with Gasteiger partial charge in [0.05, 0.1) is 54.9 Å². The monoisotopic (exact) mass is 2230 g/mol. The molecule has 40 atom stereocenters. The second-order valence-corrected chi connectivity index (χ2v) is 41.2.